The predicted octanol–water partition coefficient (Wildman–Crippen LogP) is 2.81. The number of hydrogen-bond acceptors (Lipinski definition) is 2. The van der Waals surface area contributed by atoms with E-state index in [4.69, 9.17) is 0 Å². The summed E-state index contributed by atoms with van der Waals surface area (Å²) in [4.78, 5) is 13.9. The largest absolute Gasteiger partial charge is 0.416 e. The molecule has 0 spiro atoms. The van der Waals surface area contributed by atoms with Crippen LogP contribution in [0.3, 0.4) is 0 Å². The highest BCUT2D eigenvalue weighted by Gasteiger charge is 2.34. The minimum atomic E-state index is -4.67. The van der Waals surface area contributed by atoms with E-state index in [0.717, 1.165) is 31.4 Å². The summed E-state index contributed by atoms with van der Waals surface area (Å²) in [7, 11) is 0. The third kappa shape index (κ3) is 3.09. The first kappa shape index (κ1) is 15.3. The Bertz CT molecular complexity index is 587. The quantitative estimate of drug-likeness (QED) is 0.808. The van der Waals surface area contributed by atoms with Crippen LogP contribution in [0.25, 0.3) is 0 Å². The van der Waals surface area contributed by atoms with Crippen molar-refractivity contribution in [1.29, 1.82) is 0 Å². The first-order valence-electron chi connectivity index (χ1n) is 7.26. The van der Waals surface area contributed by atoms with Crippen LogP contribution in [0.5, 0.6) is 0 Å². The maximum atomic E-state index is 13.4. The van der Waals surface area contributed by atoms with Crippen molar-refractivity contribution in [2.24, 2.45) is 0 Å². The summed E-state index contributed by atoms with van der Waals surface area (Å²) >= 11 is 0. The van der Waals surface area contributed by atoms with Crippen LogP contribution in [0.15, 0.2) is 18.2 Å². The van der Waals surface area contributed by atoms with E-state index in [9.17, 15) is 22.4 Å². The molecule has 7 heteroatoms. The summed E-state index contributed by atoms with van der Waals surface area (Å²) in [6, 6.07) is 2.53. The molecule has 0 radical (unpaired) electrons. The van der Waals surface area contributed by atoms with Crippen LogP contribution in [-0.4, -0.2) is 36.0 Å². The lowest BCUT2D eigenvalue weighted by Gasteiger charge is -2.24. The number of carbonyl (C=O) groups is 1. The van der Waals surface area contributed by atoms with Gasteiger partial charge in [0.05, 0.1) is 5.56 Å². The summed E-state index contributed by atoms with van der Waals surface area (Å²) in [6.45, 7) is 0.929. The van der Waals surface area contributed by atoms with E-state index in [1.807, 2.05) is 0 Å². The number of amides is 1. The fourth-order valence-electron chi connectivity index (χ4n) is 3.19. The fourth-order valence-corrected chi connectivity index (χ4v) is 3.19. The molecule has 2 saturated heterocycles. The van der Waals surface area contributed by atoms with Gasteiger partial charge in [0.1, 0.15) is 5.82 Å². The molecule has 2 bridgehead atoms. The molecule has 3 nitrogen and oxygen atoms in total. The average Bonchev–Trinajstić information content (AvgIpc) is 2.76. The van der Waals surface area contributed by atoms with Crippen LogP contribution < -0.4 is 5.32 Å². The molecule has 1 aromatic carbocycles. The number of rotatable bonds is 1. The zero-order valence-electron chi connectivity index (χ0n) is 11.8. The Morgan fingerprint density at radius 1 is 1.14 bits per heavy atom. The van der Waals surface area contributed by atoms with E-state index in [0.29, 0.717) is 25.2 Å². The van der Waals surface area contributed by atoms with E-state index in [2.05, 4.69) is 5.32 Å². The molecule has 1 N–H and O–H groups in total. The minimum Gasteiger partial charge on any atom is -0.337 e. The number of halogens is 4. The van der Waals surface area contributed by atoms with Gasteiger partial charge in [-0.2, -0.15) is 13.2 Å². The van der Waals surface area contributed by atoms with Gasteiger partial charge in [0.25, 0.3) is 5.91 Å². The number of nitrogens with one attached hydrogen (secondary N) is 1. The lowest BCUT2D eigenvalue weighted by atomic mass is 10.1. The number of likely N-dealkylation sites (tertiary alicyclic amines) is 1. The summed E-state index contributed by atoms with van der Waals surface area (Å²) in [5.74, 6) is -1.59. The van der Waals surface area contributed by atoms with Gasteiger partial charge in [-0.3, -0.25) is 4.79 Å². The number of fused-ring (bicyclic) bond motifs is 2. The van der Waals surface area contributed by atoms with Crippen molar-refractivity contribution >= 4 is 5.91 Å². The minimum absolute atomic E-state index is 0.173. The summed E-state index contributed by atoms with van der Waals surface area (Å²) < 4.78 is 51.7. The number of benzene rings is 1. The molecular weight excluding hydrogens is 300 g/mol. The fraction of sp³-hybridized carbons (Fsp3) is 0.533. The third-order valence-corrected chi connectivity index (χ3v) is 4.28. The Balaban J connectivity index is 1.84. The Labute approximate surface area is 125 Å². The zero-order valence-corrected chi connectivity index (χ0v) is 11.8. The van der Waals surface area contributed by atoms with Crippen molar-refractivity contribution in [3.63, 3.8) is 0 Å². The van der Waals surface area contributed by atoms with Gasteiger partial charge in [0, 0.05) is 30.7 Å². The Hall–Kier alpha value is -1.63. The maximum absolute atomic E-state index is 13.4. The van der Waals surface area contributed by atoms with Gasteiger partial charge in [0.15, 0.2) is 0 Å². The third-order valence-electron chi connectivity index (χ3n) is 4.28. The highest BCUT2D eigenvalue weighted by atomic mass is 19.4. The van der Waals surface area contributed by atoms with E-state index < -0.39 is 23.5 Å². The van der Waals surface area contributed by atoms with Crippen LogP contribution in [0.1, 0.15) is 35.2 Å². The van der Waals surface area contributed by atoms with Crippen molar-refractivity contribution in [3.8, 4) is 0 Å². The topological polar surface area (TPSA) is 32.3 Å². The maximum Gasteiger partial charge on any atom is 0.416 e. The molecular formula is C15H16F4N2O. The normalized spacial score (nSPS) is 25.2. The standard InChI is InChI=1S/C15H16F4N2O/c16-11-6-9(5-10(7-11)15(17,18)19)14(22)21-4-3-12-1-2-13(8-21)20-12/h5-7,12-13,20H,1-4,8H2/t12-,13+/m1/s1. The second-order valence-electron chi connectivity index (χ2n) is 5.90. The molecule has 120 valence electrons. The van der Waals surface area contributed by atoms with Crippen molar-refractivity contribution in [2.45, 2.75) is 37.5 Å². The molecule has 2 atom stereocenters. The van der Waals surface area contributed by atoms with Crippen molar-refractivity contribution in [3.05, 3.63) is 35.1 Å². The Morgan fingerprint density at radius 3 is 2.59 bits per heavy atom. The highest BCUT2D eigenvalue weighted by Crippen LogP contribution is 2.31. The zero-order chi connectivity index (χ0) is 15.9. The van der Waals surface area contributed by atoms with E-state index in [-0.39, 0.29) is 11.6 Å². The Morgan fingerprint density at radius 2 is 1.86 bits per heavy atom. The first-order chi connectivity index (χ1) is 10.3. The number of alkyl halides is 3. The van der Waals surface area contributed by atoms with Gasteiger partial charge in [-0.25, -0.2) is 4.39 Å². The van der Waals surface area contributed by atoms with Crippen LogP contribution in [0.4, 0.5) is 17.6 Å². The van der Waals surface area contributed by atoms with Gasteiger partial charge in [-0.05, 0) is 37.5 Å². The van der Waals surface area contributed by atoms with Crippen molar-refractivity contribution < 1.29 is 22.4 Å². The molecule has 2 aliphatic rings. The van der Waals surface area contributed by atoms with Gasteiger partial charge >= 0.3 is 6.18 Å². The van der Waals surface area contributed by atoms with Gasteiger partial charge in [-0.15, -0.1) is 0 Å². The van der Waals surface area contributed by atoms with E-state index in [1.54, 1.807) is 0 Å². The van der Waals surface area contributed by atoms with Crippen LogP contribution in [-0.2, 0) is 6.18 Å². The number of hydrogen-bond donors (Lipinski definition) is 1. The highest BCUT2D eigenvalue weighted by molar-refractivity contribution is 5.94. The smallest absolute Gasteiger partial charge is 0.337 e. The predicted molar refractivity (Wildman–Crippen MR) is 71.9 cm³/mol. The van der Waals surface area contributed by atoms with Crippen molar-refractivity contribution in [2.75, 3.05) is 13.1 Å². The lowest BCUT2D eigenvalue weighted by molar-refractivity contribution is -0.137. The number of carbonyl (C=O) groups excluding carboxylic acids is 1. The van der Waals surface area contributed by atoms with E-state index >= 15 is 0 Å². The van der Waals surface area contributed by atoms with Crippen molar-refractivity contribution in [1.82, 2.24) is 10.2 Å². The molecule has 1 amide bonds. The summed E-state index contributed by atoms with van der Waals surface area (Å²) in [6.07, 6.45) is -1.89. The Kier molecular flexibility index (Phi) is 3.84. The average molecular weight is 316 g/mol. The first-order valence-corrected chi connectivity index (χ1v) is 7.26. The van der Waals surface area contributed by atoms with Gasteiger partial charge in [0.2, 0.25) is 0 Å². The molecule has 0 unspecified atom stereocenters. The van der Waals surface area contributed by atoms with Crippen LogP contribution in [0.2, 0.25) is 0 Å². The monoisotopic (exact) mass is 316 g/mol. The van der Waals surface area contributed by atoms with Gasteiger partial charge in [-0.1, -0.05) is 0 Å². The molecule has 3 rings (SSSR count). The molecule has 2 fully saturated rings. The van der Waals surface area contributed by atoms with Crippen LogP contribution in [0, 0.1) is 5.82 Å². The summed E-state index contributed by atoms with van der Waals surface area (Å²) in [5, 5.41) is 3.39. The van der Waals surface area contributed by atoms with Gasteiger partial charge < -0.3 is 10.2 Å². The molecule has 0 aromatic heterocycles. The van der Waals surface area contributed by atoms with E-state index in [1.165, 1.54) is 4.90 Å². The molecule has 0 saturated carbocycles. The molecule has 22 heavy (non-hydrogen) atoms. The molecule has 2 aliphatic heterocycles. The second-order valence-corrected chi connectivity index (χ2v) is 5.90. The molecule has 1 aromatic rings. The SMILES string of the molecule is O=C(c1cc(F)cc(C(F)(F)F)c1)N1CC[C@H]2CC[C@@H](C1)N2. The van der Waals surface area contributed by atoms with Crippen LogP contribution >= 0.6 is 0 Å². The number of nitrogens with zero attached hydrogens (tertiary/aromatic N) is 1. The molecule has 0 aliphatic carbocycles. The molecule has 2 heterocycles. The second kappa shape index (κ2) is 5.53. The summed E-state index contributed by atoms with van der Waals surface area (Å²) in [5.41, 5.74) is -1.38. The lowest BCUT2D eigenvalue weighted by Crippen LogP contribution is -2.39.